The molecule has 3 N–H and O–H groups in total. The Hall–Kier alpha value is -1.56. The van der Waals surface area contributed by atoms with Crippen molar-refractivity contribution in [1.29, 1.82) is 0 Å². The molecular formula is C13H26N6. The summed E-state index contributed by atoms with van der Waals surface area (Å²) in [7, 11) is 4.17. The predicted octanol–water partition coefficient (Wildman–Crippen LogP) is 1.27. The maximum Gasteiger partial charge on any atom is 0.223 e. The predicted molar refractivity (Wildman–Crippen MR) is 81.7 cm³/mol. The van der Waals surface area contributed by atoms with E-state index in [0.29, 0.717) is 5.95 Å². The Morgan fingerprint density at radius 2 is 1.95 bits per heavy atom. The number of nitrogen functional groups attached to an aromatic ring is 1. The molecule has 108 valence electrons. The van der Waals surface area contributed by atoms with Crippen LogP contribution in [0.15, 0.2) is 6.07 Å². The van der Waals surface area contributed by atoms with Gasteiger partial charge in [0.2, 0.25) is 5.95 Å². The third-order valence-electron chi connectivity index (χ3n) is 2.83. The molecule has 0 aliphatic heterocycles. The Bertz CT molecular complexity index is 379. The molecule has 0 saturated carbocycles. The summed E-state index contributed by atoms with van der Waals surface area (Å²) >= 11 is 0. The molecule has 1 rings (SSSR count). The van der Waals surface area contributed by atoms with Gasteiger partial charge in [-0.25, -0.2) is 0 Å². The molecule has 0 radical (unpaired) electrons. The van der Waals surface area contributed by atoms with E-state index >= 15 is 0 Å². The maximum absolute atomic E-state index is 5.76. The highest BCUT2D eigenvalue weighted by Gasteiger charge is 2.09. The molecule has 0 atom stereocenters. The fourth-order valence-corrected chi connectivity index (χ4v) is 1.90. The van der Waals surface area contributed by atoms with Gasteiger partial charge < -0.3 is 20.9 Å². The monoisotopic (exact) mass is 266 g/mol. The number of aromatic nitrogens is 2. The van der Waals surface area contributed by atoms with Gasteiger partial charge in [-0.15, -0.1) is 0 Å². The highest BCUT2D eigenvalue weighted by molar-refractivity contribution is 5.52. The number of nitrogens with zero attached hydrogens (tertiary/aromatic N) is 4. The van der Waals surface area contributed by atoms with Crippen LogP contribution in [0, 0.1) is 0 Å². The summed E-state index contributed by atoms with van der Waals surface area (Å²) < 4.78 is 0. The van der Waals surface area contributed by atoms with Crippen LogP contribution in [-0.4, -0.2) is 55.1 Å². The number of hydrogen-bond acceptors (Lipinski definition) is 6. The topological polar surface area (TPSA) is 70.3 Å². The zero-order chi connectivity index (χ0) is 14.3. The van der Waals surface area contributed by atoms with E-state index in [1.165, 1.54) is 0 Å². The van der Waals surface area contributed by atoms with Crippen LogP contribution in [0.25, 0.3) is 0 Å². The highest BCUT2D eigenvalue weighted by atomic mass is 15.2. The van der Waals surface area contributed by atoms with Crippen molar-refractivity contribution in [2.45, 2.75) is 20.3 Å². The first-order valence-corrected chi connectivity index (χ1v) is 6.84. The van der Waals surface area contributed by atoms with Crippen LogP contribution in [0.2, 0.25) is 0 Å². The highest BCUT2D eigenvalue weighted by Crippen LogP contribution is 2.17. The van der Waals surface area contributed by atoms with Crippen LogP contribution < -0.4 is 16.0 Å². The van der Waals surface area contributed by atoms with Crippen molar-refractivity contribution in [3.63, 3.8) is 0 Å². The molecular weight excluding hydrogens is 240 g/mol. The van der Waals surface area contributed by atoms with Gasteiger partial charge in [-0.2, -0.15) is 9.97 Å². The quantitative estimate of drug-likeness (QED) is 0.738. The number of anilines is 3. The summed E-state index contributed by atoms with van der Waals surface area (Å²) in [6, 6.07) is 1.96. The smallest absolute Gasteiger partial charge is 0.223 e. The summed E-state index contributed by atoms with van der Waals surface area (Å²) in [4.78, 5) is 12.9. The molecule has 19 heavy (non-hydrogen) atoms. The summed E-state index contributed by atoms with van der Waals surface area (Å²) in [5.74, 6) is 2.00. The van der Waals surface area contributed by atoms with Crippen molar-refractivity contribution in [2.75, 3.05) is 56.2 Å². The number of hydrogen-bond donors (Lipinski definition) is 2. The number of nitrogens with one attached hydrogen (secondary N) is 1. The first-order valence-electron chi connectivity index (χ1n) is 6.84. The first-order chi connectivity index (χ1) is 9.06. The normalized spacial score (nSPS) is 10.8. The van der Waals surface area contributed by atoms with Gasteiger partial charge in [-0.1, -0.05) is 0 Å². The van der Waals surface area contributed by atoms with E-state index in [4.69, 9.17) is 5.73 Å². The molecule has 0 unspecified atom stereocenters. The second kappa shape index (κ2) is 7.78. The fraction of sp³-hybridized carbons (Fsp3) is 0.692. The van der Waals surface area contributed by atoms with Crippen LogP contribution in [0.5, 0.6) is 0 Å². The van der Waals surface area contributed by atoms with E-state index in [1.54, 1.807) is 0 Å². The zero-order valence-electron chi connectivity index (χ0n) is 12.5. The van der Waals surface area contributed by atoms with E-state index in [1.807, 2.05) is 13.0 Å². The van der Waals surface area contributed by atoms with Gasteiger partial charge >= 0.3 is 0 Å². The molecule has 0 amide bonds. The van der Waals surface area contributed by atoms with E-state index in [2.05, 4.69) is 46.1 Å². The van der Waals surface area contributed by atoms with Crippen molar-refractivity contribution in [3.8, 4) is 0 Å². The fourth-order valence-electron chi connectivity index (χ4n) is 1.90. The average Bonchev–Trinajstić information content (AvgIpc) is 2.34. The van der Waals surface area contributed by atoms with Crippen LogP contribution in [-0.2, 0) is 0 Å². The molecule has 0 aliphatic rings. The third-order valence-corrected chi connectivity index (χ3v) is 2.83. The number of rotatable bonds is 8. The molecule has 0 bridgehead atoms. The molecule has 0 aliphatic carbocycles. The largest absolute Gasteiger partial charge is 0.370 e. The van der Waals surface area contributed by atoms with E-state index in [9.17, 15) is 0 Å². The molecule has 6 nitrogen and oxygen atoms in total. The summed E-state index contributed by atoms with van der Waals surface area (Å²) in [5, 5.41) is 3.18. The first kappa shape index (κ1) is 15.5. The molecule has 0 aromatic carbocycles. The lowest BCUT2D eigenvalue weighted by Crippen LogP contribution is -2.28. The molecule has 1 aromatic heterocycles. The van der Waals surface area contributed by atoms with Gasteiger partial charge in [0.05, 0.1) is 0 Å². The lowest BCUT2D eigenvalue weighted by atomic mass is 10.3. The standard InChI is InChI=1S/C13H26N6/c1-5-15-11-10-12(17-13(14)16-11)19(6-2)9-7-8-18(3)4/h10H,5-9H2,1-4H3,(H3,14,15,16,17). The summed E-state index contributed by atoms with van der Waals surface area (Å²) in [6.07, 6.45) is 1.10. The minimum Gasteiger partial charge on any atom is -0.370 e. The molecule has 0 fully saturated rings. The Morgan fingerprint density at radius 1 is 1.21 bits per heavy atom. The second-order valence-electron chi connectivity index (χ2n) is 4.74. The minimum absolute atomic E-state index is 0.319. The summed E-state index contributed by atoms with van der Waals surface area (Å²) in [5.41, 5.74) is 5.76. The van der Waals surface area contributed by atoms with E-state index in [0.717, 1.165) is 44.2 Å². The summed E-state index contributed by atoms with van der Waals surface area (Å²) in [6.45, 7) is 7.93. The van der Waals surface area contributed by atoms with E-state index in [-0.39, 0.29) is 0 Å². The molecule has 1 aromatic rings. The molecule has 1 heterocycles. The van der Waals surface area contributed by atoms with Gasteiger partial charge in [0.1, 0.15) is 11.6 Å². The lowest BCUT2D eigenvalue weighted by molar-refractivity contribution is 0.400. The van der Waals surface area contributed by atoms with Crippen LogP contribution in [0.4, 0.5) is 17.6 Å². The van der Waals surface area contributed by atoms with Crippen LogP contribution >= 0.6 is 0 Å². The van der Waals surface area contributed by atoms with Crippen molar-refractivity contribution in [1.82, 2.24) is 14.9 Å². The Morgan fingerprint density at radius 3 is 2.53 bits per heavy atom. The third kappa shape index (κ3) is 5.30. The number of nitrogens with two attached hydrogens (primary N) is 1. The average molecular weight is 266 g/mol. The van der Waals surface area contributed by atoms with Crippen LogP contribution in [0.3, 0.4) is 0 Å². The zero-order valence-corrected chi connectivity index (χ0v) is 12.5. The van der Waals surface area contributed by atoms with Crippen molar-refractivity contribution in [3.05, 3.63) is 6.07 Å². The van der Waals surface area contributed by atoms with Crippen molar-refractivity contribution < 1.29 is 0 Å². The Kier molecular flexibility index (Phi) is 6.35. The lowest BCUT2D eigenvalue weighted by Gasteiger charge is -2.23. The van der Waals surface area contributed by atoms with E-state index < -0.39 is 0 Å². The van der Waals surface area contributed by atoms with Gasteiger partial charge in [0, 0.05) is 25.7 Å². The van der Waals surface area contributed by atoms with Gasteiger partial charge in [-0.05, 0) is 40.9 Å². The Labute approximate surface area is 116 Å². The maximum atomic E-state index is 5.76. The molecule has 6 heteroatoms. The minimum atomic E-state index is 0.319. The van der Waals surface area contributed by atoms with Gasteiger partial charge in [-0.3, -0.25) is 0 Å². The second-order valence-corrected chi connectivity index (χ2v) is 4.74. The SMILES string of the molecule is CCNc1cc(N(CC)CCCN(C)C)nc(N)n1. The van der Waals surface area contributed by atoms with Gasteiger partial charge in [0.15, 0.2) is 0 Å². The molecule has 0 spiro atoms. The van der Waals surface area contributed by atoms with Gasteiger partial charge in [0.25, 0.3) is 0 Å². The Balaban J connectivity index is 2.73. The van der Waals surface area contributed by atoms with Crippen molar-refractivity contribution in [2.24, 2.45) is 0 Å². The van der Waals surface area contributed by atoms with Crippen molar-refractivity contribution >= 4 is 17.6 Å². The molecule has 0 saturated heterocycles. The van der Waals surface area contributed by atoms with Crippen LogP contribution in [0.1, 0.15) is 20.3 Å².